The van der Waals surface area contributed by atoms with Gasteiger partial charge in [0.05, 0.1) is 0 Å². The van der Waals surface area contributed by atoms with Crippen LogP contribution in [0.5, 0.6) is 0 Å². The van der Waals surface area contributed by atoms with Crippen LogP contribution in [0.1, 0.15) is 93.9 Å². The number of hydrogen-bond acceptors (Lipinski definition) is 1. The van der Waals surface area contributed by atoms with Crippen LogP contribution < -0.4 is 0 Å². The van der Waals surface area contributed by atoms with Crippen LogP contribution in [-0.2, 0) is 4.79 Å². The molecule has 1 rings (SSSR count). The topological polar surface area (TPSA) is 20.3 Å². The van der Waals surface area contributed by atoms with E-state index in [-0.39, 0.29) is 17.7 Å². The number of rotatable bonds is 9. The molecule has 0 aromatic carbocycles. The molecule has 2 nitrogen and oxygen atoms in total. The highest BCUT2D eigenvalue weighted by molar-refractivity contribution is 5.94. The van der Waals surface area contributed by atoms with Crippen molar-refractivity contribution >= 4 is 5.91 Å². The molecule has 1 saturated heterocycles. The second kappa shape index (κ2) is 11.2. The molecule has 2 unspecified atom stereocenters. The van der Waals surface area contributed by atoms with Crippen molar-refractivity contribution in [3.63, 3.8) is 0 Å². The van der Waals surface area contributed by atoms with Crippen LogP contribution in [0.2, 0.25) is 0 Å². The van der Waals surface area contributed by atoms with Gasteiger partial charge in [0.25, 0.3) is 0 Å². The highest BCUT2D eigenvalue weighted by Gasteiger charge is 2.40. The standard InChI is InChI=1S/C25H44FNO/c1-9-19(7)23(17-21(11-3)22(12-4)18(5)6)24(28)27-15-13-25(26,14-16-27)20(8)10-2/h17-20H,9-16H2,1-8H3/b22-21+,23-17+. The fourth-order valence-corrected chi connectivity index (χ4v) is 4.37. The third-order valence-electron chi connectivity index (χ3n) is 6.97. The molecule has 0 bridgehead atoms. The fourth-order valence-electron chi connectivity index (χ4n) is 4.37. The highest BCUT2D eigenvalue weighted by Crippen LogP contribution is 2.36. The molecule has 0 aromatic rings. The third kappa shape index (κ3) is 5.94. The number of carbonyl (C=O) groups excluding carboxylic acids is 1. The molecule has 1 fully saturated rings. The molecule has 0 saturated carbocycles. The van der Waals surface area contributed by atoms with E-state index in [0.29, 0.717) is 31.8 Å². The molecule has 1 aliphatic rings. The highest BCUT2D eigenvalue weighted by atomic mass is 19.1. The average Bonchev–Trinajstić information content (AvgIpc) is 2.69. The molecule has 1 amide bonds. The molecular formula is C25H44FNO. The number of allylic oxidation sites excluding steroid dienone is 3. The zero-order valence-corrected chi connectivity index (χ0v) is 19.7. The lowest BCUT2D eigenvalue weighted by Crippen LogP contribution is -2.48. The van der Waals surface area contributed by atoms with Crippen molar-refractivity contribution in [1.29, 1.82) is 0 Å². The van der Waals surface area contributed by atoms with E-state index < -0.39 is 5.67 Å². The van der Waals surface area contributed by atoms with Crippen molar-refractivity contribution in [3.05, 3.63) is 22.8 Å². The largest absolute Gasteiger partial charge is 0.339 e. The molecule has 0 aliphatic carbocycles. The zero-order valence-electron chi connectivity index (χ0n) is 19.7. The normalized spacial score (nSPS) is 20.8. The van der Waals surface area contributed by atoms with Crippen molar-refractivity contribution in [2.75, 3.05) is 13.1 Å². The average molecular weight is 394 g/mol. The van der Waals surface area contributed by atoms with Gasteiger partial charge in [-0.1, -0.05) is 73.5 Å². The number of amides is 1. The van der Waals surface area contributed by atoms with Crippen LogP contribution in [0.3, 0.4) is 0 Å². The van der Waals surface area contributed by atoms with Gasteiger partial charge in [0, 0.05) is 18.7 Å². The Labute approximate surface area is 173 Å². The Morgan fingerprint density at radius 2 is 1.57 bits per heavy atom. The van der Waals surface area contributed by atoms with Crippen LogP contribution >= 0.6 is 0 Å². The van der Waals surface area contributed by atoms with Gasteiger partial charge < -0.3 is 4.90 Å². The lowest BCUT2D eigenvalue weighted by molar-refractivity contribution is -0.131. The minimum Gasteiger partial charge on any atom is -0.339 e. The Balaban J connectivity index is 3.14. The Hall–Kier alpha value is -1.12. The summed E-state index contributed by atoms with van der Waals surface area (Å²) in [5, 5.41) is 0. The number of halogens is 1. The predicted octanol–water partition coefficient (Wildman–Crippen LogP) is 7.11. The van der Waals surface area contributed by atoms with Gasteiger partial charge in [0.15, 0.2) is 0 Å². The van der Waals surface area contributed by atoms with Crippen molar-refractivity contribution in [2.24, 2.45) is 17.8 Å². The van der Waals surface area contributed by atoms with Gasteiger partial charge in [-0.15, -0.1) is 0 Å². The molecule has 0 aromatic heterocycles. The second-order valence-corrected chi connectivity index (χ2v) is 8.96. The molecule has 1 heterocycles. The first-order valence-electron chi connectivity index (χ1n) is 11.6. The van der Waals surface area contributed by atoms with Crippen molar-refractivity contribution in [2.45, 2.75) is 99.6 Å². The van der Waals surface area contributed by atoms with Gasteiger partial charge in [-0.25, -0.2) is 4.39 Å². The van der Waals surface area contributed by atoms with Crippen molar-refractivity contribution < 1.29 is 9.18 Å². The number of piperidine rings is 1. The summed E-state index contributed by atoms with van der Waals surface area (Å²) in [6.45, 7) is 18.2. The first-order valence-corrected chi connectivity index (χ1v) is 11.6. The molecule has 0 spiro atoms. The summed E-state index contributed by atoms with van der Waals surface area (Å²) in [5.74, 6) is 0.876. The minimum absolute atomic E-state index is 0.0575. The number of hydrogen-bond donors (Lipinski definition) is 0. The van der Waals surface area contributed by atoms with Crippen LogP contribution in [0, 0.1) is 17.8 Å². The molecular weight excluding hydrogens is 349 g/mol. The van der Waals surface area contributed by atoms with Crippen molar-refractivity contribution in [3.8, 4) is 0 Å². The van der Waals surface area contributed by atoms with E-state index in [0.717, 1.165) is 31.3 Å². The first-order chi connectivity index (χ1) is 13.1. The van der Waals surface area contributed by atoms with Gasteiger partial charge in [-0.05, 0) is 55.4 Å². The van der Waals surface area contributed by atoms with Gasteiger partial charge in [-0.2, -0.15) is 0 Å². The van der Waals surface area contributed by atoms with E-state index >= 15 is 4.39 Å². The van der Waals surface area contributed by atoms with Crippen LogP contribution in [0.25, 0.3) is 0 Å². The lowest BCUT2D eigenvalue weighted by atomic mass is 9.80. The quantitative estimate of drug-likeness (QED) is 0.302. The van der Waals surface area contributed by atoms with E-state index in [1.165, 1.54) is 11.1 Å². The Morgan fingerprint density at radius 1 is 1.00 bits per heavy atom. The van der Waals surface area contributed by atoms with Crippen molar-refractivity contribution in [1.82, 2.24) is 4.90 Å². The Kier molecular flexibility index (Phi) is 9.94. The maximum atomic E-state index is 15.2. The molecule has 28 heavy (non-hydrogen) atoms. The summed E-state index contributed by atoms with van der Waals surface area (Å²) in [6, 6.07) is 0. The Morgan fingerprint density at radius 3 is 1.96 bits per heavy atom. The summed E-state index contributed by atoms with van der Waals surface area (Å²) in [4.78, 5) is 15.3. The van der Waals surface area contributed by atoms with E-state index in [1.807, 2.05) is 18.7 Å². The van der Waals surface area contributed by atoms with Gasteiger partial charge in [0.2, 0.25) is 5.91 Å². The number of likely N-dealkylation sites (tertiary alicyclic amines) is 1. The molecule has 3 heteroatoms. The van der Waals surface area contributed by atoms with Gasteiger partial charge in [-0.3, -0.25) is 4.79 Å². The molecule has 1 aliphatic heterocycles. The number of nitrogens with zero attached hydrogens (tertiary/aromatic N) is 1. The maximum absolute atomic E-state index is 15.2. The summed E-state index contributed by atoms with van der Waals surface area (Å²) in [5.41, 5.74) is 2.53. The zero-order chi connectivity index (χ0) is 21.5. The SMILES string of the molecule is CCC(/C=C(/C(=O)N1CCC(F)(C(C)CC)CC1)C(C)CC)=C(/CC)C(C)C. The second-order valence-electron chi connectivity index (χ2n) is 8.96. The third-order valence-corrected chi connectivity index (χ3v) is 6.97. The molecule has 0 radical (unpaired) electrons. The van der Waals surface area contributed by atoms with E-state index in [2.05, 4.69) is 47.6 Å². The minimum atomic E-state index is -1.12. The summed E-state index contributed by atoms with van der Waals surface area (Å²) in [7, 11) is 0. The van der Waals surface area contributed by atoms with E-state index in [9.17, 15) is 4.79 Å². The van der Waals surface area contributed by atoms with Crippen LogP contribution in [0.4, 0.5) is 4.39 Å². The van der Waals surface area contributed by atoms with E-state index in [1.54, 1.807) is 0 Å². The summed E-state index contributed by atoms with van der Waals surface area (Å²) >= 11 is 0. The number of alkyl halides is 1. The lowest BCUT2D eigenvalue weighted by Gasteiger charge is -2.40. The van der Waals surface area contributed by atoms with Gasteiger partial charge >= 0.3 is 0 Å². The first kappa shape index (κ1) is 24.9. The number of carbonyl (C=O) groups is 1. The van der Waals surface area contributed by atoms with Crippen LogP contribution in [0.15, 0.2) is 22.8 Å². The summed E-state index contributed by atoms with van der Waals surface area (Å²) in [6.07, 6.45) is 6.84. The maximum Gasteiger partial charge on any atom is 0.250 e. The van der Waals surface area contributed by atoms with Gasteiger partial charge in [0.1, 0.15) is 5.67 Å². The molecule has 0 N–H and O–H groups in total. The Bertz CT molecular complexity index is 567. The fraction of sp³-hybridized carbons (Fsp3) is 0.800. The van der Waals surface area contributed by atoms with E-state index in [4.69, 9.17) is 0 Å². The molecule has 162 valence electrons. The summed E-state index contributed by atoms with van der Waals surface area (Å²) < 4.78 is 15.2. The monoisotopic (exact) mass is 393 g/mol. The van der Waals surface area contributed by atoms with Crippen LogP contribution in [-0.4, -0.2) is 29.6 Å². The predicted molar refractivity (Wildman–Crippen MR) is 119 cm³/mol. The smallest absolute Gasteiger partial charge is 0.250 e. The molecule has 2 atom stereocenters.